The molecule has 20 heavy (non-hydrogen) atoms. The Labute approximate surface area is 119 Å². The minimum Gasteiger partial charge on any atom is -0.380 e. The fourth-order valence-corrected chi connectivity index (χ4v) is 5.06. The molecule has 6 nitrogen and oxygen atoms in total. The van der Waals surface area contributed by atoms with Crippen LogP contribution in [0.2, 0.25) is 0 Å². The molecule has 2 aliphatic rings. The predicted molar refractivity (Wildman–Crippen MR) is 74.8 cm³/mol. The molecule has 0 radical (unpaired) electrons. The van der Waals surface area contributed by atoms with Gasteiger partial charge in [-0.2, -0.15) is 9.40 Å². The third kappa shape index (κ3) is 2.49. The quantitative estimate of drug-likeness (QED) is 0.796. The lowest BCUT2D eigenvalue weighted by molar-refractivity contribution is 0.0809. The number of hydrogen-bond donors (Lipinski definition) is 0. The van der Waals surface area contributed by atoms with E-state index < -0.39 is 10.0 Å². The first kappa shape index (κ1) is 14.0. The zero-order valence-electron chi connectivity index (χ0n) is 11.9. The van der Waals surface area contributed by atoms with Crippen LogP contribution < -0.4 is 0 Å². The predicted octanol–water partition coefficient (Wildman–Crippen LogP) is 0.544. The molecule has 2 fully saturated rings. The van der Waals surface area contributed by atoms with Crippen LogP contribution in [0.5, 0.6) is 0 Å². The van der Waals surface area contributed by atoms with Gasteiger partial charge in [0.25, 0.3) is 0 Å². The van der Waals surface area contributed by atoms with Gasteiger partial charge in [0.1, 0.15) is 0 Å². The van der Waals surface area contributed by atoms with E-state index in [4.69, 9.17) is 4.74 Å². The summed E-state index contributed by atoms with van der Waals surface area (Å²) in [5.74, 6) is 0. The number of hydrogen-bond acceptors (Lipinski definition) is 4. The van der Waals surface area contributed by atoms with Crippen LogP contribution in [0.25, 0.3) is 0 Å². The Morgan fingerprint density at radius 3 is 2.70 bits per heavy atom. The maximum absolute atomic E-state index is 12.5. The number of nitrogens with zero attached hydrogens (tertiary/aromatic N) is 3. The zero-order chi connectivity index (χ0) is 14.3. The van der Waals surface area contributed by atoms with E-state index in [1.807, 2.05) is 13.2 Å². The van der Waals surface area contributed by atoms with Gasteiger partial charge in [0.2, 0.25) is 10.0 Å². The largest absolute Gasteiger partial charge is 0.380 e. The van der Waals surface area contributed by atoms with Crippen molar-refractivity contribution in [3.8, 4) is 0 Å². The van der Waals surface area contributed by atoms with Crippen molar-refractivity contribution in [1.82, 2.24) is 14.1 Å². The Morgan fingerprint density at radius 1 is 1.40 bits per heavy atom. The fourth-order valence-electron chi connectivity index (χ4n) is 3.00. The summed E-state index contributed by atoms with van der Waals surface area (Å²) in [4.78, 5) is 0. The second-order valence-corrected chi connectivity index (χ2v) is 7.88. The molecule has 0 spiro atoms. The van der Waals surface area contributed by atoms with Gasteiger partial charge in [0.15, 0.2) is 0 Å². The Morgan fingerprint density at radius 2 is 2.15 bits per heavy atom. The van der Waals surface area contributed by atoms with Crippen molar-refractivity contribution in [2.45, 2.75) is 43.1 Å². The molecular formula is C13H21N3O3S. The number of aryl methyl sites for hydroxylation is 1. The molecule has 1 aromatic rings. The van der Waals surface area contributed by atoms with Gasteiger partial charge in [-0.05, 0) is 31.2 Å². The van der Waals surface area contributed by atoms with Gasteiger partial charge in [0, 0.05) is 26.9 Å². The summed E-state index contributed by atoms with van der Waals surface area (Å²) in [5, 5.41) is 3.99. The van der Waals surface area contributed by atoms with E-state index >= 15 is 0 Å². The van der Waals surface area contributed by atoms with Crippen LogP contribution in [0.15, 0.2) is 12.4 Å². The van der Waals surface area contributed by atoms with Gasteiger partial charge < -0.3 is 4.74 Å². The van der Waals surface area contributed by atoms with E-state index in [0.29, 0.717) is 13.0 Å². The van der Waals surface area contributed by atoms with E-state index in [2.05, 4.69) is 5.10 Å². The average Bonchev–Trinajstić information content (AvgIpc) is 3.08. The van der Waals surface area contributed by atoms with Gasteiger partial charge >= 0.3 is 0 Å². The maximum atomic E-state index is 12.5. The number of ether oxygens (including phenoxy) is 1. The van der Waals surface area contributed by atoms with Crippen LogP contribution in [-0.4, -0.2) is 53.6 Å². The summed E-state index contributed by atoms with van der Waals surface area (Å²) in [6.45, 7) is 0.572. The molecule has 1 saturated carbocycles. The number of aromatic nitrogens is 2. The highest BCUT2D eigenvalue weighted by molar-refractivity contribution is 7.90. The third-order valence-electron chi connectivity index (χ3n) is 4.21. The van der Waals surface area contributed by atoms with Crippen LogP contribution in [0.1, 0.15) is 24.8 Å². The van der Waals surface area contributed by atoms with E-state index in [1.165, 1.54) is 0 Å². The molecular weight excluding hydrogens is 278 g/mol. The summed E-state index contributed by atoms with van der Waals surface area (Å²) in [6.07, 6.45) is 6.75. The molecule has 0 amide bonds. The van der Waals surface area contributed by atoms with E-state index in [0.717, 1.165) is 24.8 Å². The summed E-state index contributed by atoms with van der Waals surface area (Å²) >= 11 is 0. The molecule has 2 heterocycles. The summed E-state index contributed by atoms with van der Waals surface area (Å²) < 4.78 is 33.9. The molecule has 1 aliphatic carbocycles. The van der Waals surface area contributed by atoms with Crippen molar-refractivity contribution >= 4 is 10.0 Å². The first-order chi connectivity index (χ1) is 9.52. The Bertz CT molecular complexity index is 579. The fraction of sp³-hybridized carbons (Fsp3) is 0.769. The molecule has 112 valence electrons. The molecule has 7 heteroatoms. The first-order valence-corrected chi connectivity index (χ1v) is 8.53. The van der Waals surface area contributed by atoms with Gasteiger partial charge in [-0.25, -0.2) is 8.42 Å². The zero-order valence-corrected chi connectivity index (χ0v) is 12.7. The molecule has 0 unspecified atom stereocenters. The van der Waals surface area contributed by atoms with Crippen molar-refractivity contribution in [3.63, 3.8) is 0 Å². The first-order valence-electron chi connectivity index (χ1n) is 7.03. The number of rotatable bonds is 5. The highest BCUT2D eigenvalue weighted by atomic mass is 32.2. The second kappa shape index (κ2) is 5.13. The highest BCUT2D eigenvalue weighted by Gasteiger charge is 2.47. The van der Waals surface area contributed by atoms with Crippen LogP contribution in [-0.2, 0) is 28.2 Å². The Hall–Kier alpha value is -0.920. The minimum atomic E-state index is -3.14. The van der Waals surface area contributed by atoms with Crippen molar-refractivity contribution in [1.29, 1.82) is 0 Å². The average molecular weight is 299 g/mol. The summed E-state index contributed by atoms with van der Waals surface area (Å²) in [5.41, 5.74) is 1.05. The Kier molecular flexibility index (Phi) is 3.60. The van der Waals surface area contributed by atoms with Crippen molar-refractivity contribution in [2.75, 3.05) is 13.7 Å². The summed E-state index contributed by atoms with van der Waals surface area (Å²) in [7, 11) is 0.382. The molecule has 1 aliphatic heterocycles. The SMILES string of the molecule is CO[C@@H]1CCN(S(=O)(=O)C2CC2)[C@H]1Cc1cnn(C)c1. The third-order valence-corrected chi connectivity index (χ3v) is 6.63. The normalized spacial score (nSPS) is 28.1. The lowest BCUT2D eigenvalue weighted by atomic mass is 10.1. The molecule has 2 atom stereocenters. The standard InChI is InChI=1S/C13H21N3O3S/c1-15-9-10(8-14-15)7-12-13(19-2)5-6-16(12)20(17,18)11-3-4-11/h8-9,11-13H,3-7H2,1-2H3/t12-,13+/m0/s1. The number of sulfonamides is 1. The molecule has 1 saturated heterocycles. The maximum Gasteiger partial charge on any atom is 0.217 e. The molecule has 0 N–H and O–H groups in total. The van der Waals surface area contributed by atoms with E-state index in [1.54, 1.807) is 22.3 Å². The van der Waals surface area contributed by atoms with Crippen LogP contribution in [0.4, 0.5) is 0 Å². The highest BCUT2D eigenvalue weighted by Crippen LogP contribution is 2.36. The minimum absolute atomic E-state index is 0.0243. The van der Waals surface area contributed by atoms with Crippen molar-refractivity contribution in [2.24, 2.45) is 7.05 Å². The van der Waals surface area contributed by atoms with Gasteiger partial charge in [-0.3, -0.25) is 4.68 Å². The van der Waals surface area contributed by atoms with Crippen LogP contribution in [0, 0.1) is 0 Å². The topological polar surface area (TPSA) is 64.4 Å². The van der Waals surface area contributed by atoms with Gasteiger partial charge in [0.05, 0.1) is 23.6 Å². The van der Waals surface area contributed by atoms with Gasteiger partial charge in [-0.15, -0.1) is 0 Å². The number of methoxy groups -OCH3 is 1. The summed E-state index contributed by atoms with van der Waals surface area (Å²) in [6, 6.07) is -0.102. The molecule has 1 aromatic heterocycles. The smallest absolute Gasteiger partial charge is 0.217 e. The van der Waals surface area contributed by atoms with Crippen molar-refractivity contribution in [3.05, 3.63) is 18.0 Å². The Balaban J connectivity index is 1.82. The van der Waals surface area contributed by atoms with Gasteiger partial charge in [-0.1, -0.05) is 0 Å². The van der Waals surface area contributed by atoms with E-state index in [9.17, 15) is 8.42 Å². The van der Waals surface area contributed by atoms with Crippen LogP contribution >= 0.6 is 0 Å². The van der Waals surface area contributed by atoms with Crippen molar-refractivity contribution < 1.29 is 13.2 Å². The van der Waals surface area contributed by atoms with Crippen LogP contribution in [0.3, 0.4) is 0 Å². The molecule has 3 rings (SSSR count). The lowest BCUT2D eigenvalue weighted by Crippen LogP contribution is -2.43. The monoisotopic (exact) mass is 299 g/mol. The molecule has 0 bridgehead atoms. The second-order valence-electron chi connectivity index (χ2n) is 5.71. The lowest BCUT2D eigenvalue weighted by Gasteiger charge is -2.26. The molecule has 0 aromatic carbocycles. The van der Waals surface area contributed by atoms with E-state index in [-0.39, 0.29) is 17.4 Å².